The molecule has 0 aliphatic carbocycles. The minimum absolute atomic E-state index is 0.113. The van der Waals surface area contributed by atoms with Gasteiger partial charge in [0.15, 0.2) is 0 Å². The average Bonchev–Trinajstić information content (AvgIpc) is 3.09. The number of anilines is 3. The van der Waals surface area contributed by atoms with Crippen LogP contribution < -0.4 is 20.4 Å². The fourth-order valence-electron chi connectivity index (χ4n) is 5.61. The Morgan fingerprint density at radius 3 is 2.40 bits per heavy atom. The zero-order chi connectivity index (χ0) is 20.8. The lowest BCUT2D eigenvalue weighted by molar-refractivity contribution is -0.117. The van der Waals surface area contributed by atoms with Gasteiger partial charge in [-0.05, 0) is 50.1 Å². The molecule has 3 aliphatic heterocycles. The van der Waals surface area contributed by atoms with Crippen molar-refractivity contribution < 1.29 is 4.79 Å². The van der Waals surface area contributed by atoms with Crippen LogP contribution in [0.3, 0.4) is 0 Å². The van der Waals surface area contributed by atoms with Gasteiger partial charge in [-0.15, -0.1) is 0 Å². The highest BCUT2D eigenvalue weighted by Crippen LogP contribution is 2.44. The molecule has 0 aromatic heterocycles. The van der Waals surface area contributed by atoms with Gasteiger partial charge in [0.05, 0.1) is 6.04 Å². The average molecular weight is 405 g/mol. The Hall–Kier alpha value is -2.53. The van der Waals surface area contributed by atoms with Crippen LogP contribution in [0.4, 0.5) is 17.1 Å². The molecule has 2 fully saturated rings. The van der Waals surface area contributed by atoms with Crippen molar-refractivity contribution in [3.63, 3.8) is 0 Å². The molecule has 2 aromatic rings. The molecule has 30 heavy (non-hydrogen) atoms. The summed E-state index contributed by atoms with van der Waals surface area (Å²) in [7, 11) is 0. The number of amides is 1. The third kappa shape index (κ3) is 3.35. The predicted molar refractivity (Wildman–Crippen MR) is 123 cm³/mol. The maximum atomic E-state index is 12.6. The lowest BCUT2D eigenvalue weighted by Crippen LogP contribution is -2.51. The number of benzene rings is 2. The highest BCUT2D eigenvalue weighted by Gasteiger charge is 2.39. The van der Waals surface area contributed by atoms with Crippen LogP contribution in [0, 0.1) is 5.92 Å². The van der Waals surface area contributed by atoms with Crippen LogP contribution in [0.5, 0.6) is 0 Å². The number of carbonyl (C=O) groups excluding carboxylic acids is 1. The van der Waals surface area contributed by atoms with Crippen LogP contribution in [0.15, 0.2) is 48.5 Å². The van der Waals surface area contributed by atoms with Crippen LogP contribution in [0.1, 0.15) is 45.2 Å². The van der Waals surface area contributed by atoms with Crippen LogP contribution in [-0.4, -0.2) is 37.1 Å². The number of nitrogens with zero attached hydrogens (tertiary/aromatic N) is 2. The first-order chi connectivity index (χ1) is 14.5. The molecule has 2 saturated heterocycles. The summed E-state index contributed by atoms with van der Waals surface area (Å²) in [5.74, 6) is 0.401. The topological polar surface area (TPSA) is 47.6 Å². The number of piperazine rings is 1. The first-order valence-corrected chi connectivity index (χ1v) is 11.3. The molecule has 2 N–H and O–H groups in total. The second kappa shape index (κ2) is 7.62. The standard InChI is InChI=1S/C25H32N4O/c1-16-17(2)29(18(3)30)24-12-11-22(28-14-20-9-10-21(15-28)26-20)13-23(24)25(16)27-19-7-5-4-6-8-19/h4-8,11-13,16-17,20-21,25-27H,9-10,14-15H2,1-3H3/t16-,17-,20?,21?,25+/m0/s1. The summed E-state index contributed by atoms with van der Waals surface area (Å²) in [5.41, 5.74) is 4.66. The number of fused-ring (bicyclic) bond motifs is 3. The van der Waals surface area contributed by atoms with Gasteiger partial charge in [0.2, 0.25) is 5.91 Å². The van der Waals surface area contributed by atoms with E-state index in [2.05, 4.69) is 71.8 Å². The van der Waals surface area contributed by atoms with Gasteiger partial charge in [0, 0.05) is 66.7 Å². The summed E-state index contributed by atoms with van der Waals surface area (Å²) < 4.78 is 0. The second-order valence-corrected chi connectivity index (χ2v) is 9.26. The third-order valence-electron chi connectivity index (χ3n) is 7.32. The van der Waals surface area contributed by atoms with E-state index >= 15 is 0 Å². The first-order valence-electron chi connectivity index (χ1n) is 11.3. The van der Waals surface area contributed by atoms with Crippen molar-refractivity contribution >= 4 is 23.0 Å². The molecule has 1 amide bonds. The van der Waals surface area contributed by atoms with Crippen LogP contribution >= 0.6 is 0 Å². The molecule has 5 rings (SSSR count). The highest BCUT2D eigenvalue weighted by molar-refractivity contribution is 5.94. The molecule has 3 heterocycles. The van der Waals surface area contributed by atoms with Crippen LogP contribution in [0.2, 0.25) is 0 Å². The van der Waals surface area contributed by atoms with Crippen LogP contribution in [0.25, 0.3) is 0 Å². The number of carbonyl (C=O) groups is 1. The lowest BCUT2D eigenvalue weighted by atomic mass is 9.82. The maximum absolute atomic E-state index is 12.6. The van der Waals surface area contributed by atoms with Crippen molar-refractivity contribution in [3.05, 3.63) is 54.1 Å². The largest absolute Gasteiger partial charge is 0.378 e. The van der Waals surface area contributed by atoms with Gasteiger partial charge in [0.25, 0.3) is 0 Å². The second-order valence-electron chi connectivity index (χ2n) is 9.26. The van der Waals surface area contributed by atoms with Crippen molar-refractivity contribution in [1.82, 2.24) is 5.32 Å². The van der Waals surface area contributed by atoms with Gasteiger partial charge < -0.3 is 20.4 Å². The molecular weight excluding hydrogens is 372 g/mol. The van der Waals surface area contributed by atoms with E-state index in [1.165, 1.54) is 24.1 Å². The molecule has 5 atom stereocenters. The van der Waals surface area contributed by atoms with E-state index < -0.39 is 0 Å². The summed E-state index contributed by atoms with van der Waals surface area (Å²) >= 11 is 0. The quantitative estimate of drug-likeness (QED) is 0.806. The molecule has 2 bridgehead atoms. The van der Waals surface area contributed by atoms with Gasteiger partial charge in [0.1, 0.15) is 0 Å². The molecular formula is C25H32N4O. The van der Waals surface area contributed by atoms with Crippen molar-refractivity contribution in [2.45, 2.75) is 57.8 Å². The minimum Gasteiger partial charge on any atom is -0.378 e. The highest BCUT2D eigenvalue weighted by atomic mass is 16.2. The normalized spacial score (nSPS) is 30.2. The Balaban J connectivity index is 1.54. The molecule has 2 aromatic carbocycles. The number of nitrogens with one attached hydrogen (secondary N) is 2. The van der Waals surface area contributed by atoms with Crippen molar-refractivity contribution in [3.8, 4) is 0 Å². The Labute approximate surface area is 179 Å². The van der Waals surface area contributed by atoms with Gasteiger partial charge in [-0.25, -0.2) is 0 Å². The maximum Gasteiger partial charge on any atom is 0.224 e. The lowest BCUT2D eigenvalue weighted by Gasteiger charge is -2.45. The number of para-hydroxylation sites is 1. The van der Waals surface area contributed by atoms with Crippen molar-refractivity contribution in [2.24, 2.45) is 5.92 Å². The van der Waals surface area contributed by atoms with Gasteiger partial charge in [-0.1, -0.05) is 25.1 Å². The monoisotopic (exact) mass is 404 g/mol. The Morgan fingerprint density at radius 1 is 1.03 bits per heavy atom. The van der Waals surface area contributed by atoms with E-state index in [4.69, 9.17) is 0 Å². The fraction of sp³-hybridized carbons (Fsp3) is 0.480. The predicted octanol–water partition coefficient (Wildman–Crippen LogP) is 4.17. The summed E-state index contributed by atoms with van der Waals surface area (Å²) in [5, 5.41) is 7.49. The van der Waals surface area contributed by atoms with Crippen molar-refractivity contribution in [1.29, 1.82) is 0 Å². The molecule has 3 aliphatic rings. The summed E-state index contributed by atoms with van der Waals surface area (Å²) in [4.78, 5) is 17.1. The van der Waals surface area contributed by atoms with Gasteiger partial charge in [-0.3, -0.25) is 4.79 Å². The Bertz CT molecular complexity index is 918. The molecule has 5 nitrogen and oxygen atoms in total. The summed E-state index contributed by atoms with van der Waals surface area (Å²) in [6, 6.07) is 18.6. The van der Waals surface area contributed by atoms with E-state index in [0.717, 1.165) is 24.5 Å². The molecule has 5 heteroatoms. The van der Waals surface area contributed by atoms with E-state index in [1.54, 1.807) is 6.92 Å². The van der Waals surface area contributed by atoms with E-state index in [1.807, 2.05) is 11.0 Å². The molecule has 0 radical (unpaired) electrons. The molecule has 0 spiro atoms. The first kappa shape index (κ1) is 19.4. The summed E-state index contributed by atoms with van der Waals surface area (Å²) in [6.07, 6.45) is 2.55. The Kier molecular flexibility index (Phi) is 4.94. The van der Waals surface area contributed by atoms with E-state index in [9.17, 15) is 4.79 Å². The molecule has 0 saturated carbocycles. The van der Waals surface area contributed by atoms with Crippen LogP contribution in [-0.2, 0) is 4.79 Å². The zero-order valence-electron chi connectivity index (χ0n) is 18.1. The molecule has 158 valence electrons. The zero-order valence-corrected chi connectivity index (χ0v) is 18.1. The van der Waals surface area contributed by atoms with Crippen molar-refractivity contribution in [2.75, 3.05) is 28.2 Å². The van der Waals surface area contributed by atoms with Gasteiger partial charge >= 0.3 is 0 Å². The Morgan fingerprint density at radius 2 is 1.73 bits per heavy atom. The minimum atomic E-state index is 0.113. The fourth-order valence-corrected chi connectivity index (χ4v) is 5.61. The van der Waals surface area contributed by atoms with Gasteiger partial charge in [-0.2, -0.15) is 0 Å². The smallest absolute Gasteiger partial charge is 0.224 e. The SMILES string of the molecule is CC(=O)N1c2ccc(N3CC4CCC(C3)N4)cc2[C@H](Nc2ccccc2)[C@@H](C)[C@@H]1C. The summed E-state index contributed by atoms with van der Waals surface area (Å²) in [6.45, 7) is 8.22. The number of hydrogen-bond donors (Lipinski definition) is 2. The third-order valence-corrected chi connectivity index (χ3v) is 7.32. The molecule has 2 unspecified atom stereocenters. The number of hydrogen-bond acceptors (Lipinski definition) is 4. The van der Waals surface area contributed by atoms with E-state index in [0.29, 0.717) is 12.1 Å². The number of rotatable bonds is 3. The van der Waals surface area contributed by atoms with E-state index in [-0.39, 0.29) is 23.9 Å².